The van der Waals surface area contributed by atoms with Gasteiger partial charge < -0.3 is 23.7 Å². The minimum Gasteiger partial charge on any atom is -0.405 e. The molecule has 0 unspecified atom stereocenters. The molecule has 1 N–H and O–H groups in total. The summed E-state index contributed by atoms with van der Waals surface area (Å²) >= 11 is 0. The highest BCUT2D eigenvalue weighted by Crippen LogP contribution is 2.37. The Hall–Kier alpha value is -3.19. The van der Waals surface area contributed by atoms with E-state index in [-0.39, 0.29) is 62.7 Å². The van der Waals surface area contributed by atoms with Gasteiger partial charge in [0.2, 0.25) is 10.0 Å². The average Bonchev–Trinajstić information content (AvgIpc) is 3.10. The van der Waals surface area contributed by atoms with E-state index in [0.29, 0.717) is 6.61 Å². The third-order valence-corrected chi connectivity index (χ3v) is 15.3. The second-order valence-corrected chi connectivity index (χ2v) is 19.3. The lowest BCUT2D eigenvalue weighted by molar-refractivity contribution is -0.0454. The summed E-state index contributed by atoms with van der Waals surface area (Å²) < 4.78 is 54.1. The van der Waals surface area contributed by atoms with Gasteiger partial charge in [-0.1, -0.05) is 129 Å². The van der Waals surface area contributed by atoms with E-state index in [1.807, 2.05) is 49.4 Å². The van der Waals surface area contributed by atoms with Gasteiger partial charge in [-0.05, 0) is 40.0 Å². The van der Waals surface area contributed by atoms with Gasteiger partial charge in [-0.15, -0.1) is 0 Å². The summed E-state index contributed by atoms with van der Waals surface area (Å²) in [6.45, 7) is 10.0. The van der Waals surface area contributed by atoms with Crippen LogP contribution >= 0.6 is 0 Å². The van der Waals surface area contributed by atoms with Crippen molar-refractivity contribution in [1.29, 1.82) is 0 Å². The summed E-state index contributed by atoms with van der Waals surface area (Å²) in [6, 6.07) is 37.6. The third kappa shape index (κ3) is 10.6. The van der Waals surface area contributed by atoms with E-state index in [1.165, 1.54) is 4.31 Å². The lowest BCUT2D eigenvalue weighted by Crippen LogP contribution is -2.67. The molecular weight excluding hydrogens is 655 g/mol. The van der Waals surface area contributed by atoms with Gasteiger partial charge in [0, 0.05) is 13.1 Å². The van der Waals surface area contributed by atoms with Gasteiger partial charge in [0.05, 0.1) is 51.1 Å². The molecule has 0 fully saturated rings. The molecule has 0 amide bonds. The number of benzene rings is 4. The SMILES string of the molecule is Cc1ccc(S(=O)(=O)N(CCOCCO)CCO[C@@H](COCc2ccccc2)CO[Si](c2ccccc2)(c2ccccc2)C(C)(C)C)cc1. The van der Waals surface area contributed by atoms with Gasteiger partial charge in [0.15, 0.2) is 0 Å². The second-order valence-electron chi connectivity index (χ2n) is 13.0. The van der Waals surface area contributed by atoms with Crippen molar-refractivity contribution in [3.05, 3.63) is 126 Å². The fourth-order valence-corrected chi connectivity index (χ4v) is 11.9. The molecule has 4 rings (SSSR count). The Morgan fingerprint density at radius 1 is 0.714 bits per heavy atom. The summed E-state index contributed by atoms with van der Waals surface area (Å²) in [5.41, 5.74) is 2.02. The maximum Gasteiger partial charge on any atom is 0.261 e. The predicted octanol–water partition coefficient (Wildman–Crippen LogP) is 5.17. The lowest BCUT2D eigenvalue weighted by Gasteiger charge is -2.43. The Labute approximate surface area is 293 Å². The van der Waals surface area contributed by atoms with Crippen LogP contribution in [0.4, 0.5) is 0 Å². The molecule has 0 aliphatic rings. The summed E-state index contributed by atoms with van der Waals surface area (Å²) in [4.78, 5) is 0.206. The van der Waals surface area contributed by atoms with Crippen molar-refractivity contribution in [2.24, 2.45) is 0 Å². The molecule has 0 saturated carbocycles. The first-order chi connectivity index (χ1) is 23.6. The van der Waals surface area contributed by atoms with Crippen molar-refractivity contribution in [3.63, 3.8) is 0 Å². The smallest absolute Gasteiger partial charge is 0.261 e. The van der Waals surface area contributed by atoms with Crippen LogP contribution in [0.25, 0.3) is 0 Å². The quantitative estimate of drug-likeness (QED) is 0.100. The number of sulfonamides is 1. The van der Waals surface area contributed by atoms with E-state index in [4.69, 9.17) is 23.7 Å². The van der Waals surface area contributed by atoms with E-state index in [9.17, 15) is 8.42 Å². The molecule has 0 radical (unpaired) electrons. The third-order valence-electron chi connectivity index (χ3n) is 8.39. The Balaban J connectivity index is 1.57. The van der Waals surface area contributed by atoms with Crippen molar-refractivity contribution in [2.75, 3.05) is 52.7 Å². The van der Waals surface area contributed by atoms with E-state index >= 15 is 0 Å². The van der Waals surface area contributed by atoms with Gasteiger partial charge in [0.25, 0.3) is 8.32 Å². The fraction of sp³-hybridized carbons (Fsp3) is 0.385. The first kappa shape index (κ1) is 38.6. The molecule has 0 aliphatic heterocycles. The monoisotopic (exact) mass is 705 g/mol. The molecule has 8 nitrogen and oxygen atoms in total. The average molecular weight is 706 g/mol. The van der Waals surface area contributed by atoms with Crippen molar-refractivity contribution in [2.45, 2.75) is 50.3 Å². The summed E-state index contributed by atoms with van der Waals surface area (Å²) in [6.07, 6.45) is -0.472. The first-order valence-electron chi connectivity index (χ1n) is 16.8. The molecule has 4 aromatic carbocycles. The van der Waals surface area contributed by atoms with Gasteiger partial charge in [-0.3, -0.25) is 0 Å². The fourth-order valence-electron chi connectivity index (χ4n) is 5.87. The van der Waals surface area contributed by atoms with Crippen molar-refractivity contribution < 1.29 is 32.2 Å². The van der Waals surface area contributed by atoms with E-state index in [1.54, 1.807) is 24.3 Å². The van der Waals surface area contributed by atoms with Gasteiger partial charge in [0.1, 0.15) is 6.10 Å². The predicted molar refractivity (Wildman–Crippen MR) is 197 cm³/mol. The number of ether oxygens (including phenoxy) is 3. The molecule has 0 aliphatic carbocycles. The largest absolute Gasteiger partial charge is 0.405 e. The van der Waals surface area contributed by atoms with Gasteiger partial charge >= 0.3 is 0 Å². The molecular formula is C39H51NO7SSi. The van der Waals surface area contributed by atoms with Crippen LogP contribution in [-0.2, 0) is 35.3 Å². The highest BCUT2D eigenvalue weighted by Gasteiger charge is 2.50. The molecule has 264 valence electrons. The van der Waals surface area contributed by atoms with Crippen molar-refractivity contribution in [3.8, 4) is 0 Å². The molecule has 0 aromatic heterocycles. The van der Waals surface area contributed by atoms with Crippen LogP contribution in [0.15, 0.2) is 120 Å². The van der Waals surface area contributed by atoms with E-state index in [2.05, 4.69) is 69.3 Å². The number of hydrogen-bond donors (Lipinski definition) is 1. The zero-order valence-electron chi connectivity index (χ0n) is 29.2. The van der Waals surface area contributed by atoms with Crippen LogP contribution in [0.5, 0.6) is 0 Å². The molecule has 49 heavy (non-hydrogen) atoms. The normalized spacial score (nSPS) is 13.1. The molecule has 4 aromatic rings. The number of rotatable bonds is 20. The summed E-state index contributed by atoms with van der Waals surface area (Å²) in [5, 5.41) is 11.2. The first-order valence-corrected chi connectivity index (χ1v) is 20.2. The van der Waals surface area contributed by atoms with Crippen LogP contribution in [0.2, 0.25) is 5.04 Å². The number of aliphatic hydroxyl groups excluding tert-OH is 1. The highest BCUT2D eigenvalue weighted by molar-refractivity contribution is 7.89. The van der Waals surface area contributed by atoms with Crippen LogP contribution in [0, 0.1) is 6.92 Å². The number of aliphatic hydroxyl groups is 1. The topological polar surface area (TPSA) is 94.5 Å². The highest BCUT2D eigenvalue weighted by atomic mass is 32.2. The summed E-state index contributed by atoms with van der Waals surface area (Å²) in [7, 11) is -6.69. The molecule has 0 saturated heterocycles. The van der Waals surface area contributed by atoms with Crippen LogP contribution in [-0.4, -0.2) is 85.0 Å². The molecule has 1 atom stereocenters. The Kier molecular flexibility index (Phi) is 14.7. The van der Waals surface area contributed by atoms with Crippen LogP contribution in [0.3, 0.4) is 0 Å². The second kappa shape index (κ2) is 18.7. The zero-order chi connectivity index (χ0) is 35.2. The maximum atomic E-state index is 13.7. The van der Waals surface area contributed by atoms with Crippen LogP contribution in [0.1, 0.15) is 31.9 Å². The number of hydrogen-bond acceptors (Lipinski definition) is 7. The molecule has 0 spiro atoms. The summed E-state index contributed by atoms with van der Waals surface area (Å²) in [5.74, 6) is 0. The molecule has 0 heterocycles. The minimum atomic E-state index is -3.83. The standard InChI is InChI=1S/C39H51NO7SSi/c1-33-20-22-36(23-21-33)48(42,43)40(24-27-44-29-26-41)25-28-46-35(31-45-30-34-14-8-5-9-15-34)32-47-49(39(2,3)4,37-16-10-6-11-17-37)38-18-12-7-13-19-38/h5-23,35,41H,24-32H2,1-4H3/t35-/m0/s1. The molecule has 0 bridgehead atoms. The van der Waals surface area contributed by atoms with Crippen molar-refractivity contribution >= 4 is 28.7 Å². The lowest BCUT2D eigenvalue weighted by atomic mass is 10.2. The van der Waals surface area contributed by atoms with Crippen molar-refractivity contribution in [1.82, 2.24) is 4.31 Å². The Morgan fingerprint density at radius 3 is 1.82 bits per heavy atom. The Morgan fingerprint density at radius 2 is 1.27 bits per heavy atom. The van der Waals surface area contributed by atoms with Crippen LogP contribution < -0.4 is 10.4 Å². The van der Waals surface area contributed by atoms with E-state index < -0.39 is 24.4 Å². The zero-order valence-corrected chi connectivity index (χ0v) is 31.0. The van der Waals surface area contributed by atoms with Gasteiger partial charge in [-0.2, -0.15) is 4.31 Å². The maximum absolute atomic E-state index is 13.7. The molecule has 10 heteroatoms. The van der Waals surface area contributed by atoms with Gasteiger partial charge in [-0.25, -0.2) is 8.42 Å². The number of nitrogens with zero attached hydrogens (tertiary/aromatic N) is 1. The van der Waals surface area contributed by atoms with E-state index in [0.717, 1.165) is 21.5 Å². The Bertz CT molecular complexity index is 1580. The number of aryl methyl sites for hydroxylation is 1. The minimum absolute atomic E-state index is 0.104.